The van der Waals surface area contributed by atoms with Crippen molar-refractivity contribution in [1.29, 1.82) is 0 Å². The van der Waals surface area contributed by atoms with E-state index in [1.165, 1.54) is 5.56 Å². The monoisotopic (exact) mass is 631 g/mol. The number of aromatic nitrogens is 3. The molecule has 244 valence electrons. The number of anilines is 2. The van der Waals surface area contributed by atoms with E-state index in [4.69, 9.17) is 4.74 Å². The minimum Gasteiger partial charge on any atom is -0.494 e. The van der Waals surface area contributed by atoms with Gasteiger partial charge in [0.1, 0.15) is 17.1 Å². The second kappa shape index (κ2) is 15.1. The summed E-state index contributed by atoms with van der Waals surface area (Å²) in [6.07, 6.45) is 7.12. The van der Waals surface area contributed by atoms with Gasteiger partial charge in [0.15, 0.2) is 0 Å². The number of hydrogen-bond donors (Lipinski definition) is 2. The number of carbonyl (C=O) groups is 1. The number of aromatic amines is 1. The topological polar surface area (TPSA) is 100 Å². The van der Waals surface area contributed by atoms with Crippen LogP contribution in [0.1, 0.15) is 76.5 Å². The van der Waals surface area contributed by atoms with Crippen LogP contribution >= 0.6 is 0 Å². The molecule has 3 heterocycles. The fraction of sp³-hybridized carbons (Fsp3) is 0.333. The van der Waals surface area contributed by atoms with Crippen molar-refractivity contribution in [3.05, 3.63) is 112 Å². The van der Waals surface area contributed by atoms with Crippen molar-refractivity contribution < 1.29 is 9.53 Å². The molecule has 0 bridgehead atoms. The number of urea groups is 1. The van der Waals surface area contributed by atoms with Gasteiger partial charge in [0, 0.05) is 36.2 Å². The third kappa shape index (κ3) is 8.25. The van der Waals surface area contributed by atoms with Crippen LogP contribution in [0.4, 0.5) is 16.2 Å². The van der Waals surface area contributed by atoms with Gasteiger partial charge in [-0.05, 0) is 113 Å². The third-order valence-electron chi connectivity index (χ3n) is 8.15. The smallest absolute Gasteiger partial charge is 0.326 e. The molecule has 8 nitrogen and oxygen atoms in total. The van der Waals surface area contributed by atoms with Crippen molar-refractivity contribution in [2.24, 2.45) is 5.92 Å². The van der Waals surface area contributed by atoms with Gasteiger partial charge in [0.25, 0.3) is 5.56 Å². The molecule has 2 aromatic carbocycles. The summed E-state index contributed by atoms with van der Waals surface area (Å²) in [6, 6.07) is 21.7. The summed E-state index contributed by atoms with van der Waals surface area (Å²) < 4.78 is 6.15. The predicted molar refractivity (Wildman–Crippen MR) is 192 cm³/mol. The SMILES string of the molecule is CC(C)CN(C(=O)Nc1c(C(C)C)cc(-c2cccc(OCCCc3ccncc3)c2)cc1C(C)C)c1cc2cccnc2[nH]c1=O. The number of carbonyl (C=O) groups excluding carboxylic acids is 1. The highest BCUT2D eigenvalue weighted by Gasteiger charge is 2.25. The summed E-state index contributed by atoms with van der Waals surface area (Å²) in [4.78, 5) is 40.1. The number of nitrogens with zero attached hydrogens (tertiary/aromatic N) is 3. The highest BCUT2D eigenvalue weighted by atomic mass is 16.5. The lowest BCUT2D eigenvalue weighted by Gasteiger charge is -2.28. The summed E-state index contributed by atoms with van der Waals surface area (Å²) in [7, 11) is 0. The maximum Gasteiger partial charge on any atom is 0.326 e. The van der Waals surface area contributed by atoms with Crippen LogP contribution in [0.15, 0.2) is 90.1 Å². The molecule has 2 N–H and O–H groups in total. The molecule has 0 atom stereocenters. The van der Waals surface area contributed by atoms with Gasteiger partial charge in [-0.2, -0.15) is 0 Å². The van der Waals surface area contributed by atoms with Gasteiger partial charge in [-0.15, -0.1) is 0 Å². The number of aryl methyl sites for hydroxylation is 1. The number of fused-ring (bicyclic) bond motifs is 1. The van der Waals surface area contributed by atoms with E-state index in [0.717, 1.165) is 51.9 Å². The molecular weight excluding hydrogens is 586 g/mol. The molecule has 0 unspecified atom stereocenters. The third-order valence-corrected chi connectivity index (χ3v) is 8.15. The van der Waals surface area contributed by atoms with Crippen LogP contribution in [0.5, 0.6) is 5.75 Å². The molecule has 3 aromatic heterocycles. The molecule has 0 aliphatic rings. The Morgan fingerprint density at radius 1 is 0.872 bits per heavy atom. The summed E-state index contributed by atoms with van der Waals surface area (Å²) >= 11 is 0. The zero-order valence-electron chi connectivity index (χ0n) is 28.2. The van der Waals surface area contributed by atoms with E-state index in [9.17, 15) is 9.59 Å². The molecule has 5 rings (SSSR count). The minimum absolute atomic E-state index is 0.129. The Morgan fingerprint density at radius 2 is 1.60 bits per heavy atom. The van der Waals surface area contributed by atoms with E-state index in [1.54, 1.807) is 17.2 Å². The summed E-state index contributed by atoms with van der Waals surface area (Å²) in [5.41, 5.74) is 6.66. The average molecular weight is 632 g/mol. The molecule has 0 saturated heterocycles. The molecule has 0 aliphatic carbocycles. The average Bonchev–Trinajstić information content (AvgIpc) is 3.05. The van der Waals surface area contributed by atoms with Crippen LogP contribution in [-0.4, -0.2) is 34.1 Å². The Bertz CT molecular complexity index is 1850. The first-order valence-corrected chi connectivity index (χ1v) is 16.5. The lowest BCUT2D eigenvalue weighted by molar-refractivity contribution is 0.256. The molecule has 2 amide bonds. The van der Waals surface area contributed by atoms with Crippen molar-refractivity contribution in [3.63, 3.8) is 0 Å². The van der Waals surface area contributed by atoms with Gasteiger partial charge < -0.3 is 15.0 Å². The number of hydrogen-bond acceptors (Lipinski definition) is 5. The molecule has 0 aliphatic heterocycles. The van der Waals surface area contributed by atoms with Crippen molar-refractivity contribution >= 4 is 28.4 Å². The molecule has 47 heavy (non-hydrogen) atoms. The Balaban J connectivity index is 1.44. The molecule has 0 fully saturated rings. The molecule has 0 radical (unpaired) electrons. The Labute approximate surface area is 277 Å². The lowest BCUT2D eigenvalue weighted by Crippen LogP contribution is -2.41. The first kappa shape index (κ1) is 33.4. The van der Waals surface area contributed by atoms with Gasteiger partial charge in [0.2, 0.25) is 0 Å². The number of nitrogens with one attached hydrogen (secondary N) is 2. The van der Waals surface area contributed by atoms with E-state index in [2.05, 4.69) is 72.2 Å². The molecule has 0 saturated carbocycles. The van der Waals surface area contributed by atoms with E-state index in [1.807, 2.05) is 62.6 Å². The molecular formula is C39H45N5O3. The number of H-pyrrole nitrogens is 1. The van der Waals surface area contributed by atoms with E-state index in [0.29, 0.717) is 24.5 Å². The number of ether oxygens (including phenoxy) is 1. The number of benzene rings is 2. The zero-order valence-corrected chi connectivity index (χ0v) is 28.2. The number of pyridine rings is 3. The lowest BCUT2D eigenvalue weighted by atomic mass is 9.88. The van der Waals surface area contributed by atoms with E-state index in [-0.39, 0.29) is 29.3 Å². The van der Waals surface area contributed by atoms with Crippen LogP contribution in [0.25, 0.3) is 22.2 Å². The largest absolute Gasteiger partial charge is 0.494 e. The van der Waals surface area contributed by atoms with E-state index >= 15 is 0 Å². The van der Waals surface area contributed by atoms with Gasteiger partial charge >= 0.3 is 6.03 Å². The van der Waals surface area contributed by atoms with Crippen LogP contribution in [0.3, 0.4) is 0 Å². The normalized spacial score (nSPS) is 11.4. The van der Waals surface area contributed by atoms with Gasteiger partial charge in [-0.1, -0.05) is 53.7 Å². The van der Waals surface area contributed by atoms with E-state index < -0.39 is 0 Å². The fourth-order valence-electron chi connectivity index (χ4n) is 5.74. The predicted octanol–water partition coefficient (Wildman–Crippen LogP) is 8.94. The molecule has 5 aromatic rings. The Morgan fingerprint density at radius 3 is 2.28 bits per heavy atom. The summed E-state index contributed by atoms with van der Waals surface area (Å²) in [6.45, 7) is 13.6. The maximum atomic E-state index is 14.1. The van der Waals surface area contributed by atoms with Gasteiger partial charge in [-0.25, -0.2) is 9.78 Å². The van der Waals surface area contributed by atoms with Crippen molar-refractivity contribution in [2.45, 2.75) is 66.2 Å². The minimum atomic E-state index is -0.352. The molecule has 0 spiro atoms. The Kier molecular flexibility index (Phi) is 10.7. The summed E-state index contributed by atoms with van der Waals surface area (Å²) in [5, 5.41) is 4.01. The highest BCUT2D eigenvalue weighted by Crippen LogP contribution is 2.38. The van der Waals surface area contributed by atoms with Crippen LogP contribution < -0.4 is 20.5 Å². The standard InChI is InChI=1S/C39H45N5O3/c1-25(2)24-44(35-23-30-12-8-16-41-37(30)43-38(35)45)39(46)42-36-33(26(3)4)21-31(22-34(36)27(5)6)29-11-7-13-32(20-29)47-19-9-10-28-14-17-40-18-15-28/h7-8,11-18,20-23,25-27H,9-10,19,24H2,1-6H3,(H,42,46)(H,41,43,45). The number of rotatable bonds is 12. The highest BCUT2D eigenvalue weighted by molar-refractivity contribution is 6.03. The van der Waals surface area contributed by atoms with Gasteiger partial charge in [0.05, 0.1) is 6.61 Å². The summed E-state index contributed by atoms with van der Waals surface area (Å²) in [5.74, 6) is 1.21. The molecule has 8 heteroatoms. The first-order chi connectivity index (χ1) is 22.6. The Hall–Kier alpha value is -4.98. The van der Waals surface area contributed by atoms with Crippen molar-refractivity contribution in [1.82, 2.24) is 15.0 Å². The van der Waals surface area contributed by atoms with Gasteiger partial charge in [-0.3, -0.25) is 14.7 Å². The van der Waals surface area contributed by atoms with Crippen LogP contribution in [-0.2, 0) is 6.42 Å². The van der Waals surface area contributed by atoms with Crippen LogP contribution in [0.2, 0.25) is 0 Å². The van der Waals surface area contributed by atoms with Crippen LogP contribution in [0, 0.1) is 5.92 Å². The zero-order chi connectivity index (χ0) is 33.5. The fourth-order valence-corrected chi connectivity index (χ4v) is 5.74. The quantitative estimate of drug-likeness (QED) is 0.134. The van der Waals surface area contributed by atoms with Crippen molar-refractivity contribution in [3.8, 4) is 16.9 Å². The first-order valence-electron chi connectivity index (χ1n) is 16.5. The van der Waals surface area contributed by atoms with Crippen molar-refractivity contribution in [2.75, 3.05) is 23.4 Å². The second-order valence-corrected chi connectivity index (χ2v) is 13.0. The number of amides is 2. The second-order valence-electron chi connectivity index (χ2n) is 13.0. The maximum absolute atomic E-state index is 14.1.